The van der Waals surface area contributed by atoms with Crippen LogP contribution in [0.2, 0.25) is 18.1 Å². The van der Waals surface area contributed by atoms with Crippen molar-refractivity contribution in [1.29, 1.82) is 0 Å². The van der Waals surface area contributed by atoms with Crippen LogP contribution in [0.4, 0.5) is 0 Å². The predicted molar refractivity (Wildman–Crippen MR) is 79.0 cm³/mol. The molecule has 0 atom stereocenters. The highest BCUT2D eigenvalue weighted by Crippen LogP contribution is 2.28. The number of benzene rings is 1. The topological polar surface area (TPSA) is 33.4 Å². The summed E-state index contributed by atoms with van der Waals surface area (Å²) in [5.74, 6) is 0. The summed E-state index contributed by atoms with van der Waals surface area (Å²) in [6, 6.07) is 11.6. The molecular formula is C15H22O2Si. The van der Waals surface area contributed by atoms with E-state index < -0.39 is 8.07 Å². The van der Waals surface area contributed by atoms with Gasteiger partial charge in [-0.15, -0.1) is 0 Å². The smallest absolute Gasteiger partial charge is 0.133 e. The van der Waals surface area contributed by atoms with Crippen LogP contribution in [0.15, 0.2) is 28.7 Å². The Labute approximate surface area is 110 Å². The van der Waals surface area contributed by atoms with Gasteiger partial charge in [-0.2, -0.15) is 0 Å². The van der Waals surface area contributed by atoms with E-state index in [0.717, 1.165) is 21.9 Å². The molecule has 0 saturated heterocycles. The lowest BCUT2D eigenvalue weighted by atomic mass is 10.2. The molecule has 1 heterocycles. The van der Waals surface area contributed by atoms with Crippen LogP contribution in [0.5, 0.6) is 0 Å². The summed E-state index contributed by atoms with van der Waals surface area (Å²) in [4.78, 5) is 0. The Morgan fingerprint density at radius 3 is 2.22 bits per heavy atom. The zero-order valence-corrected chi connectivity index (χ0v) is 12.5. The standard InChI is InChI=1S/C15H22O2Si/c1-4-18(5-2,6-3)15-13(11-16)12-9-7-8-10-14(12)17-15/h7-10,16H,4-6,11H2,1-3H3. The minimum absolute atomic E-state index is 0.0844. The first kappa shape index (κ1) is 13.4. The zero-order valence-electron chi connectivity index (χ0n) is 11.5. The Morgan fingerprint density at radius 2 is 1.67 bits per heavy atom. The van der Waals surface area contributed by atoms with Crippen LogP contribution in [0.25, 0.3) is 11.0 Å². The summed E-state index contributed by atoms with van der Waals surface area (Å²) in [7, 11) is -1.57. The number of aliphatic hydroxyl groups is 1. The Balaban J connectivity index is 2.69. The second-order valence-electron chi connectivity index (χ2n) is 4.91. The highest BCUT2D eigenvalue weighted by atomic mass is 28.3. The van der Waals surface area contributed by atoms with Crippen molar-refractivity contribution in [2.24, 2.45) is 0 Å². The Bertz CT molecular complexity index is 518. The molecule has 1 aromatic heterocycles. The summed E-state index contributed by atoms with van der Waals surface area (Å²) < 4.78 is 6.13. The summed E-state index contributed by atoms with van der Waals surface area (Å²) in [6.07, 6.45) is 0. The molecule has 0 aliphatic rings. The van der Waals surface area contributed by atoms with E-state index in [1.54, 1.807) is 0 Å². The third kappa shape index (κ3) is 1.91. The summed E-state index contributed by atoms with van der Waals surface area (Å²) in [5, 5.41) is 11.9. The highest BCUT2D eigenvalue weighted by molar-refractivity contribution is 6.91. The van der Waals surface area contributed by atoms with Gasteiger partial charge in [0.15, 0.2) is 0 Å². The minimum Gasteiger partial charge on any atom is -0.466 e. The van der Waals surface area contributed by atoms with Crippen LogP contribution in [0, 0.1) is 0 Å². The first-order valence-electron chi connectivity index (χ1n) is 6.84. The molecule has 0 radical (unpaired) electrons. The average molecular weight is 262 g/mol. The number of hydrogen-bond acceptors (Lipinski definition) is 2. The van der Waals surface area contributed by atoms with Crippen LogP contribution >= 0.6 is 0 Å². The molecule has 98 valence electrons. The normalized spacial score (nSPS) is 12.2. The lowest BCUT2D eigenvalue weighted by Crippen LogP contribution is -2.46. The van der Waals surface area contributed by atoms with Gasteiger partial charge in [0.25, 0.3) is 0 Å². The van der Waals surface area contributed by atoms with Crippen LogP contribution in [0.1, 0.15) is 26.3 Å². The molecule has 0 amide bonds. The fourth-order valence-corrected chi connectivity index (χ4v) is 6.56. The van der Waals surface area contributed by atoms with Crippen LogP contribution in [-0.4, -0.2) is 13.2 Å². The molecule has 1 N–H and O–H groups in total. The molecule has 1 aromatic carbocycles. The molecule has 2 rings (SSSR count). The maximum absolute atomic E-state index is 9.72. The van der Waals surface area contributed by atoms with Crippen molar-refractivity contribution in [3.05, 3.63) is 29.8 Å². The lowest BCUT2D eigenvalue weighted by Gasteiger charge is -2.26. The van der Waals surface area contributed by atoms with Crippen molar-refractivity contribution in [1.82, 2.24) is 0 Å². The van der Waals surface area contributed by atoms with Crippen LogP contribution < -0.4 is 5.38 Å². The molecule has 3 heteroatoms. The second kappa shape index (κ2) is 5.29. The largest absolute Gasteiger partial charge is 0.466 e. The molecule has 0 spiro atoms. The lowest BCUT2D eigenvalue weighted by molar-refractivity contribution is 0.283. The number of rotatable bonds is 5. The minimum atomic E-state index is -1.57. The van der Waals surface area contributed by atoms with E-state index in [2.05, 4.69) is 20.8 Å². The molecule has 18 heavy (non-hydrogen) atoms. The SMILES string of the molecule is CC[Si](CC)(CC)c1oc2ccccc2c1CO. The third-order valence-corrected chi connectivity index (χ3v) is 9.80. The molecule has 0 bridgehead atoms. The van der Waals surface area contributed by atoms with E-state index in [1.165, 1.54) is 18.1 Å². The van der Waals surface area contributed by atoms with E-state index in [9.17, 15) is 5.11 Å². The summed E-state index contributed by atoms with van der Waals surface area (Å²) in [6.45, 7) is 6.86. The van der Waals surface area contributed by atoms with Gasteiger partial charge in [0.2, 0.25) is 0 Å². The van der Waals surface area contributed by atoms with Crippen LogP contribution in [0.3, 0.4) is 0 Å². The fourth-order valence-electron chi connectivity index (χ4n) is 2.92. The number of aliphatic hydroxyl groups excluding tert-OH is 1. The summed E-state index contributed by atoms with van der Waals surface area (Å²) in [5.41, 5.74) is 1.95. The van der Waals surface area contributed by atoms with Gasteiger partial charge in [0.1, 0.15) is 13.7 Å². The molecule has 0 fully saturated rings. The van der Waals surface area contributed by atoms with Gasteiger partial charge in [-0.25, -0.2) is 0 Å². The third-order valence-electron chi connectivity index (χ3n) is 4.37. The van der Waals surface area contributed by atoms with E-state index in [1.807, 2.05) is 24.3 Å². The first-order valence-corrected chi connectivity index (χ1v) is 9.46. The van der Waals surface area contributed by atoms with Gasteiger partial charge >= 0.3 is 0 Å². The molecule has 0 unspecified atom stereocenters. The number of furan rings is 1. The van der Waals surface area contributed by atoms with Gasteiger partial charge in [0.05, 0.1) is 12.0 Å². The van der Waals surface area contributed by atoms with Crippen molar-refractivity contribution in [3.63, 3.8) is 0 Å². The molecule has 0 aliphatic carbocycles. The van der Waals surface area contributed by atoms with Gasteiger partial charge in [-0.3, -0.25) is 0 Å². The maximum Gasteiger partial charge on any atom is 0.133 e. The quantitative estimate of drug-likeness (QED) is 0.835. The highest BCUT2D eigenvalue weighted by Gasteiger charge is 2.36. The molecule has 2 aromatic rings. The maximum atomic E-state index is 9.72. The van der Waals surface area contributed by atoms with Gasteiger partial charge in [-0.05, 0) is 6.07 Å². The van der Waals surface area contributed by atoms with Crippen molar-refractivity contribution < 1.29 is 9.52 Å². The van der Waals surface area contributed by atoms with E-state index in [0.29, 0.717) is 0 Å². The predicted octanol–water partition coefficient (Wildman–Crippen LogP) is 3.64. The number of hydrogen-bond donors (Lipinski definition) is 1. The van der Waals surface area contributed by atoms with Gasteiger partial charge in [0, 0.05) is 10.9 Å². The fraction of sp³-hybridized carbons (Fsp3) is 0.467. The Morgan fingerprint density at radius 1 is 1.06 bits per heavy atom. The molecular weight excluding hydrogens is 240 g/mol. The van der Waals surface area contributed by atoms with E-state index >= 15 is 0 Å². The average Bonchev–Trinajstić information content (AvgIpc) is 2.80. The second-order valence-corrected chi connectivity index (χ2v) is 10.0. The Kier molecular flexibility index (Phi) is 3.93. The van der Waals surface area contributed by atoms with Crippen molar-refractivity contribution >= 4 is 24.4 Å². The van der Waals surface area contributed by atoms with Crippen molar-refractivity contribution in [2.45, 2.75) is 45.5 Å². The Hall–Kier alpha value is -1.06. The zero-order chi connectivity index (χ0) is 13.2. The number of fused-ring (bicyclic) bond motifs is 1. The first-order chi connectivity index (χ1) is 8.72. The monoisotopic (exact) mass is 262 g/mol. The van der Waals surface area contributed by atoms with E-state index in [-0.39, 0.29) is 6.61 Å². The molecule has 0 aliphatic heterocycles. The van der Waals surface area contributed by atoms with Gasteiger partial charge < -0.3 is 9.52 Å². The molecule has 2 nitrogen and oxygen atoms in total. The summed E-state index contributed by atoms with van der Waals surface area (Å²) >= 11 is 0. The number of para-hydroxylation sites is 1. The van der Waals surface area contributed by atoms with Crippen molar-refractivity contribution in [2.75, 3.05) is 0 Å². The van der Waals surface area contributed by atoms with E-state index in [4.69, 9.17) is 4.42 Å². The molecule has 0 saturated carbocycles. The van der Waals surface area contributed by atoms with Crippen molar-refractivity contribution in [3.8, 4) is 0 Å². The van der Waals surface area contributed by atoms with Gasteiger partial charge in [-0.1, -0.05) is 57.1 Å². The van der Waals surface area contributed by atoms with Crippen LogP contribution in [-0.2, 0) is 6.61 Å².